The normalized spacial score (nSPS) is 13.9. The average molecular weight is 283 g/mol. The lowest BCUT2D eigenvalue weighted by Crippen LogP contribution is -2.37. The summed E-state index contributed by atoms with van der Waals surface area (Å²) in [5.41, 5.74) is 1.48. The van der Waals surface area contributed by atoms with Gasteiger partial charge in [-0.15, -0.1) is 0 Å². The van der Waals surface area contributed by atoms with E-state index in [1.807, 2.05) is 31.4 Å². The maximum Gasteiger partial charge on any atom is 0.338 e. The zero-order valence-corrected chi connectivity index (χ0v) is 12.4. The van der Waals surface area contributed by atoms with Crippen LogP contribution in [0.2, 0.25) is 0 Å². The highest BCUT2D eigenvalue weighted by molar-refractivity contribution is 7.99. The van der Waals surface area contributed by atoms with Crippen molar-refractivity contribution in [3.63, 3.8) is 0 Å². The maximum absolute atomic E-state index is 11.6. The molecule has 0 saturated carbocycles. The first-order valence-electron chi connectivity index (χ1n) is 6.17. The molecule has 0 amide bonds. The van der Waals surface area contributed by atoms with Crippen molar-refractivity contribution in [3.8, 4) is 0 Å². The van der Waals surface area contributed by atoms with Gasteiger partial charge in [0.05, 0.1) is 19.3 Å². The molecule has 5 heteroatoms. The van der Waals surface area contributed by atoms with E-state index in [9.17, 15) is 9.90 Å². The molecule has 106 valence electrons. The lowest BCUT2D eigenvalue weighted by Gasteiger charge is -2.21. The van der Waals surface area contributed by atoms with Gasteiger partial charge in [-0.1, -0.05) is 18.2 Å². The van der Waals surface area contributed by atoms with Crippen molar-refractivity contribution in [2.24, 2.45) is 0 Å². The van der Waals surface area contributed by atoms with Crippen molar-refractivity contribution < 1.29 is 14.6 Å². The van der Waals surface area contributed by atoms with Gasteiger partial charge in [0, 0.05) is 17.8 Å². The highest BCUT2D eigenvalue weighted by atomic mass is 32.2. The van der Waals surface area contributed by atoms with Gasteiger partial charge in [-0.05, 0) is 24.8 Å². The molecule has 0 aliphatic rings. The zero-order valence-electron chi connectivity index (χ0n) is 11.6. The number of benzene rings is 1. The minimum Gasteiger partial charge on any atom is -0.465 e. The van der Waals surface area contributed by atoms with E-state index in [1.165, 1.54) is 7.11 Å². The van der Waals surface area contributed by atoms with Gasteiger partial charge in [0.25, 0.3) is 0 Å². The molecule has 2 atom stereocenters. The van der Waals surface area contributed by atoms with E-state index in [0.717, 1.165) is 5.56 Å². The first-order valence-corrected chi connectivity index (χ1v) is 7.46. The largest absolute Gasteiger partial charge is 0.465 e. The SMILES string of the molecule is COC(=O)c1ccccc1CNC(C)C(CO)SC. The molecule has 2 N–H and O–H groups in total. The molecule has 0 spiro atoms. The van der Waals surface area contributed by atoms with Crippen molar-refractivity contribution in [2.75, 3.05) is 20.0 Å². The number of carbonyl (C=O) groups is 1. The van der Waals surface area contributed by atoms with E-state index in [2.05, 4.69) is 5.32 Å². The van der Waals surface area contributed by atoms with Crippen LogP contribution in [0.3, 0.4) is 0 Å². The van der Waals surface area contributed by atoms with E-state index in [-0.39, 0.29) is 23.9 Å². The van der Waals surface area contributed by atoms with Gasteiger partial charge in [0.1, 0.15) is 0 Å². The molecule has 0 bridgehead atoms. The number of aliphatic hydroxyl groups excluding tert-OH is 1. The third-order valence-electron chi connectivity index (χ3n) is 3.08. The summed E-state index contributed by atoms with van der Waals surface area (Å²) in [7, 11) is 1.38. The summed E-state index contributed by atoms with van der Waals surface area (Å²) in [5, 5.41) is 12.7. The summed E-state index contributed by atoms with van der Waals surface area (Å²) in [6, 6.07) is 7.53. The molecule has 0 saturated heterocycles. The molecule has 0 aliphatic heterocycles. The predicted molar refractivity (Wildman–Crippen MR) is 78.5 cm³/mol. The Morgan fingerprint density at radius 2 is 2.16 bits per heavy atom. The Hall–Kier alpha value is -1.04. The molecule has 0 aliphatic carbocycles. The summed E-state index contributed by atoms with van der Waals surface area (Å²) in [4.78, 5) is 11.6. The summed E-state index contributed by atoms with van der Waals surface area (Å²) in [6.07, 6.45) is 1.97. The predicted octanol–water partition coefficient (Wildman–Crippen LogP) is 1.68. The standard InChI is InChI=1S/C14H21NO3S/c1-10(13(9-16)19-3)15-8-11-6-4-5-7-12(11)14(17)18-2/h4-7,10,13,15-16H,8-9H2,1-3H3. The van der Waals surface area contributed by atoms with Gasteiger partial charge >= 0.3 is 5.97 Å². The van der Waals surface area contributed by atoms with Crippen LogP contribution in [0.1, 0.15) is 22.8 Å². The second-order valence-electron chi connectivity index (χ2n) is 4.28. The number of esters is 1. The summed E-state index contributed by atoms with van der Waals surface area (Å²) in [5.74, 6) is -0.325. The molecule has 1 rings (SSSR count). The van der Waals surface area contributed by atoms with Gasteiger partial charge in [0.2, 0.25) is 0 Å². The van der Waals surface area contributed by atoms with Gasteiger partial charge < -0.3 is 15.2 Å². The Bertz CT molecular complexity index is 407. The van der Waals surface area contributed by atoms with Crippen molar-refractivity contribution in [2.45, 2.75) is 24.8 Å². The first-order chi connectivity index (χ1) is 9.13. The Labute approximate surface area is 118 Å². The number of rotatable bonds is 7. The fraction of sp³-hybridized carbons (Fsp3) is 0.500. The molecule has 0 radical (unpaired) electrons. The molecular formula is C14H21NO3S. The number of thioether (sulfide) groups is 1. The van der Waals surface area contributed by atoms with Crippen LogP contribution in [0.25, 0.3) is 0 Å². The third-order valence-corrected chi connectivity index (χ3v) is 4.24. The number of carbonyl (C=O) groups excluding carboxylic acids is 1. The fourth-order valence-corrected chi connectivity index (χ4v) is 2.48. The van der Waals surface area contributed by atoms with Gasteiger partial charge in [0.15, 0.2) is 0 Å². The molecule has 1 aromatic carbocycles. The molecule has 0 heterocycles. The number of nitrogens with one attached hydrogen (secondary N) is 1. The van der Waals surface area contributed by atoms with E-state index >= 15 is 0 Å². The Kier molecular flexibility index (Phi) is 6.91. The van der Waals surface area contributed by atoms with Crippen LogP contribution in [0.4, 0.5) is 0 Å². The molecular weight excluding hydrogens is 262 g/mol. The van der Waals surface area contributed by atoms with Gasteiger partial charge in [-0.2, -0.15) is 11.8 Å². The van der Waals surface area contributed by atoms with Crippen LogP contribution in [0, 0.1) is 0 Å². The summed E-state index contributed by atoms with van der Waals surface area (Å²) >= 11 is 1.62. The van der Waals surface area contributed by atoms with Crippen LogP contribution in [-0.2, 0) is 11.3 Å². The minimum absolute atomic E-state index is 0.133. The second kappa shape index (κ2) is 8.19. The van der Waals surface area contributed by atoms with Crippen LogP contribution in [0.15, 0.2) is 24.3 Å². The van der Waals surface area contributed by atoms with Crippen molar-refractivity contribution >= 4 is 17.7 Å². The molecule has 1 aromatic rings. The fourth-order valence-electron chi connectivity index (χ4n) is 1.82. The van der Waals surface area contributed by atoms with Crippen LogP contribution in [0.5, 0.6) is 0 Å². The van der Waals surface area contributed by atoms with Crippen LogP contribution >= 0.6 is 11.8 Å². The lowest BCUT2D eigenvalue weighted by molar-refractivity contribution is 0.0599. The second-order valence-corrected chi connectivity index (χ2v) is 5.35. The highest BCUT2D eigenvalue weighted by Gasteiger charge is 2.16. The Morgan fingerprint density at radius 3 is 2.74 bits per heavy atom. The Balaban J connectivity index is 2.70. The molecule has 0 aromatic heterocycles. The van der Waals surface area contributed by atoms with E-state index in [1.54, 1.807) is 17.8 Å². The van der Waals surface area contributed by atoms with Gasteiger partial charge in [-0.25, -0.2) is 4.79 Å². The third kappa shape index (κ3) is 4.53. The topological polar surface area (TPSA) is 58.6 Å². The van der Waals surface area contributed by atoms with Crippen molar-refractivity contribution in [3.05, 3.63) is 35.4 Å². The van der Waals surface area contributed by atoms with E-state index < -0.39 is 0 Å². The smallest absolute Gasteiger partial charge is 0.338 e. The zero-order chi connectivity index (χ0) is 14.3. The monoisotopic (exact) mass is 283 g/mol. The number of hydrogen-bond acceptors (Lipinski definition) is 5. The molecule has 19 heavy (non-hydrogen) atoms. The van der Waals surface area contributed by atoms with Gasteiger partial charge in [-0.3, -0.25) is 0 Å². The first kappa shape index (κ1) is 16.0. The lowest BCUT2D eigenvalue weighted by atomic mass is 10.1. The summed E-state index contributed by atoms with van der Waals surface area (Å²) < 4.78 is 4.76. The maximum atomic E-state index is 11.6. The average Bonchev–Trinajstić information content (AvgIpc) is 2.45. The number of methoxy groups -OCH3 is 1. The minimum atomic E-state index is -0.325. The van der Waals surface area contributed by atoms with Crippen LogP contribution in [-0.4, -0.2) is 42.3 Å². The molecule has 4 nitrogen and oxygen atoms in total. The molecule has 0 fully saturated rings. The number of hydrogen-bond donors (Lipinski definition) is 2. The summed E-state index contributed by atoms with van der Waals surface area (Å²) in [6.45, 7) is 2.73. The van der Waals surface area contributed by atoms with Crippen LogP contribution < -0.4 is 5.32 Å². The quantitative estimate of drug-likeness (QED) is 0.746. The molecule has 2 unspecified atom stereocenters. The Morgan fingerprint density at radius 1 is 1.47 bits per heavy atom. The number of aliphatic hydroxyl groups is 1. The van der Waals surface area contributed by atoms with E-state index in [4.69, 9.17) is 4.74 Å². The van der Waals surface area contributed by atoms with Crippen molar-refractivity contribution in [1.82, 2.24) is 5.32 Å². The highest BCUT2D eigenvalue weighted by Crippen LogP contribution is 2.13. The van der Waals surface area contributed by atoms with Crippen molar-refractivity contribution in [1.29, 1.82) is 0 Å². The van der Waals surface area contributed by atoms with E-state index in [0.29, 0.717) is 12.1 Å². The number of ether oxygens (including phenoxy) is 1.